The molecule has 236 valence electrons. The summed E-state index contributed by atoms with van der Waals surface area (Å²) in [5, 5.41) is 3.56. The molecule has 0 saturated carbocycles. The molecule has 2 heteroatoms. The molecule has 0 aliphatic heterocycles. The molecule has 0 saturated heterocycles. The van der Waals surface area contributed by atoms with Crippen LogP contribution in [-0.2, 0) is 0 Å². The lowest BCUT2D eigenvalue weighted by molar-refractivity contribution is 0.632. The third-order valence-corrected chi connectivity index (χ3v) is 9.48. The fourth-order valence-corrected chi connectivity index (χ4v) is 7.22. The Bertz CT molecular complexity index is 2600. The summed E-state index contributed by atoms with van der Waals surface area (Å²) in [5.74, 6) is 0.848. The molecule has 0 fully saturated rings. The van der Waals surface area contributed by atoms with Gasteiger partial charge in [0, 0.05) is 27.8 Å². The van der Waals surface area contributed by atoms with Gasteiger partial charge in [-0.3, -0.25) is 0 Å². The number of para-hydroxylation sites is 3. The molecule has 0 radical (unpaired) electrons. The Morgan fingerprint density at radius 1 is 0.360 bits per heavy atom. The predicted octanol–water partition coefficient (Wildman–Crippen LogP) is 13.7. The van der Waals surface area contributed by atoms with E-state index in [0.717, 1.165) is 67.2 Å². The minimum absolute atomic E-state index is 0.848. The zero-order chi connectivity index (χ0) is 33.3. The average molecular weight is 640 g/mol. The molecule has 0 amide bonds. The standard InChI is InChI=1S/C48H33NO/c1-3-17-35(18-4-1)41-26-9-12-30-44(41)49(38-24-15-23-37(33-38)40-29-16-22-34-19-7-8-25-39(34)40)45-31-13-10-27-42(45)48-47(36-20-5-2-6-21-36)43-28-11-14-32-46(43)50-48/h1-33H. The number of nitrogens with zero attached hydrogens (tertiary/aromatic N) is 1. The molecule has 0 atom stereocenters. The fraction of sp³-hybridized carbons (Fsp3) is 0. The van der Waals surface area contributed by atoms with E-state index < -0.39 is 0 Å². The molecule has 0 spiro atoms. The Morgan fingerprint density at radius 3 is 1.70 bits per heavy atom. The lowest BCUT2D eigenvalue weighted by Gasteiger charge is -2.30. The van der Waals surface area contributed by atoms with Crippen LogP contribution in [-0.4, -0.2) is 0 Å². The Kier molecular flexibility index (Phi) is 7.53. The number of hydrogen-bond acceptors (Lipinski definition) is 2. The quantitative estimate of drug-likeness (QED) is 0.173. The van der Waals surface area contributed by atoms with Crippen molar-refractivity contribution in [3.63, 3.8) is 0 Å². The number of hydrogen-bond donors (Lipinski definition) is 0. The SMILES string of the molecule is c1ccc(-c2ccccc2N(c2cccc(-c3cccc4ccccc34)c2)c2ccccc2-c2oc3ccccc3c2-c2ccccc2)cc1. The zero-order valence-corrected chi connectivity index (χ0v) is 27.4. The summed E-state index contributed by atoms with van der Waals surface area (Å²) in [5.41, 5.74) is 11.9. The maximum absolute atomic E-state index is 6.83. The monoisotopic (exact) mass is 639 g/mol. The van der Waals surface area contributed by atoms with E-state index in [0.29, 0.717) is 0 Å². The smallest absolute Gasteiger partial charge is 0.145 e. The van der Waals surface area contributed by atoms with Gasteiger partial charge in [-0.2, -0.15) is 0 Å². The van der Waals surface area contributed by atoms with Crippen molar-refractivity contribution in [1.82, 2.24) is 0 Å². The molecule has 0 N–H and O–H groups in total. The van der Waals surface area contributed by atoms with Crippen molar-refractivity contribution in [3.05, 3.63) is 200 Å². The number of benzene rings is 8. The van der Waals surface area contributed by atoms with E-state index in [2.05, 4.69) is 199 Å². The molecule has 0 aliphatic rings. The van der Waals surface area contributed by atoms with E-state index in [1.165, 1.54) is 16.3 Å². The first-order valence-corrected chi connectivity index (χ1v) is 17.0. The summed E-state index contributed by atoms with van der Waals surface area (Å²) in [4.78, 5) is 2.40. The number of anilines is 3. The van der Waals surface area contributed by atoms with Crippen LogP contribution in [0.25, 0.3) is 66.4 Å². The topological polar surface area (TPSA) is 16.4 Å². The van der Waals surface area contributed by atoms with Crippen LogP contribution in [0.4, 0.5) is 17.1 Å². The van der Waals surface area contributed by atoms with Crippen LogP contribution in [0.5, 0.6) is 0 Å². The van der Waals surface area contributed by atoms with E-state index in [9.17, 15) is 0 Å². The van der Waals surface area contributed by atoms with E-state index >= 15 is 0 Å². The minimum Gasteiger partial charge on any atom is -0.455 e. The van der Waals surface area contributed by atoms with Crippen molar-refractivity contribution in [3.8, 4) is 44.7 Å². The highest BCUT2D eigenvalue weighted by Crippen LogP contribution is 2.49. The molecule has 2 nitrogen and oxygen atoms in total. The van der Waals surface area contributed by atoms with Crippen LogP contribution in [0.15, 0.2) is 205 Å². The first kappa shape index (κ1) is 29.5. The van der Waals surface area contributed by atoms with Crippen LogP contribution in [0.1, 0.15) is 0 Å². The van der Waals surface area contributed by atoms with Crippen LogP contribution >= 0.6 is 0 Å². The average Bonchev–Trinajstić information content (AvgIpc) is 3.59. The number of rotatable bonds is 7. The largest absolute Gasteiger partial charge is 0.455 e. The summed E-state index contributed by atoms with van der Waals surface area (Å²) >= 11 is 0. The van der Waals surface area contributed by atoms with Gasteiger partial charge in [-0.25, -0.2) is 0 Å². The third-order valence-electron chi connectivity index (χ3n) is 9.48. The highest BCUT2D eigenvalue weighted by molar-refractivity contribution is 6.05. The highest BCUT2D eigenvalue weighted by atomic mass is 16.3. The molecule has 1 aromatic heterocycles. The Balaban J connectivity index is 1.32. The van der Waals surface area contributed by atoms with Crippen molar-refractivity contribution in [2.75, 3.05) is 4.90 Å². The fourth-order valence-electron chi connectivity index (χ4n) is 7.22. The lowest BCUT2D eigenvalue weighted by Crippen LogP contribution is -2.12. The summed E-state index contributed by atoms with van der Waals surface area (Å²) in [6, 6.07) is 70.9. The predicted molar refractivity (Wildman–Crippen MR) is 210 cm³/mol. The molecular formula is C48H33NO. The summed E-state index contributed by atoms with van der Waals surface area (Å²) in [7, 11) is 0. The van der Waals surface area contributed by atoms with Gasteiger partial charge in [0.05, 0.1) is 11.4 Å². The first-order chi connectivity index (χ1) is 24.8. The summed E-state index contributed by atoms with van der Waals surface area (Å²) < 4.78 is 6.83. The van der Waals surface area contributed by atoms with E-state index in [-0.39, 0.29) is 0 Å². The van der Waals surface area contributed by atoms with Crippen molar-refractivity contribution in [2.24, 2.45) is 0 Å². The molecule has 0 bridgehead atoms. The Hall–Kier alpha value is -6.64. The molecule has 8 aromatic carbocycles. The molecule has 0 aliphatic carbocycles. The molecule has 0 unspecified atom stereocenters. The highest BCUT2D eigenvalue weighted by Gasteiger charge is 2.25. The maximum Gasteiger partial charge on any atom is 0.145 e. The zero-order valence-electron chi connectivity index (χ0n) is 27.4. The maximum atomic E-state index is 6.83. The van der Waals surface area contributed by atoms with Gasteiger partial charge in [0.2, 0.25) is 0 Å². The molecule has 9 aromatic rings. The molecule has 1 heterocycles. The first-order valence-electron chi connectivity index (χ1n) is 17.0. The van der Waals surface area contributed by atoms with Crippen molar-refractivity contribution in [1.29, 1.82) is 0 Å². The third kappa shape index (κ3) is 5.24. The Labute approximate surface area is 292 Å². The van der Waals surface area contributed by atoms with Gasteiger partial charge in [-0.05, 0) is 69.4 Å². The van der Waals surface area contributed by atoms with Gasteiger partial charge in [-0.15, -0.1) is 0 Å². The van der Waals surface area contributed by atoms with E-state index in [1.54, 1.807) is 0 Å². The summed E-state index contributed by atoms with van der Waals surface area (Å²) in [6.45, 7) is 0. The van der Waals surface area contributed by atoms with Crippen LogP contribution in [0.2, 0.25) is 0 Å². The second-order valence-corrected chi connectivity index (χ2v) is 12.5. The van der Waals surface area contributed by atoms with Gasteiger partial charge in [-0.1, -0.05) is 164 Å². The van der Waals surface area contributed by atoms with Crippen LogP contribution in [0.3, 0.4) is 0 Å². The van der Waals surface area contributed by atoms with Crippen LogP contribution in [0, 0.1) is 0 Å². The van der Waals surface area contributed by atoms with Crippen LogP contribution < -0.4 is 4.90 Å². The van der Waals surface area contributed by atoms with E-state index in [4.69, 9.17) is 4.42 Å². The van der Waals surface area contributed by atoms with Crippen molar-refractivity contribution < 1.29 is 4.42 Å². The molecular weight excluding hydrogens is 607 g/mol. The number of furan rings is 1. The molecule has 9 rings (SSSR count). The van der Waals surface area contributed by atoms with E-state index in [1.807, 2.05) is 6.07 Å². The molecule has 50 heavy (non-hydrogen) atoms. The van der Waals surface area contributed by atoms with Gasteiger partial charge in [0.25, 0.3) is 0 Å². The normalized spacial score (nSPS) is 11.2. The van der Waals surface area contributed by atoms with Gasteiger partial charge in [0.15, 0.2) is 0 Å². The van der Waals surface area contributed by atoms with Crippen molar-refractivity contribution >= 4 is 38.8 Å². The second kappa shape index (κ2) is 12.8. The Morgan fingerprint density at radius 2 is 0.900 bits per heavy atom. The van der Waals surface area contributed by atoms with Gasteiger partial charge in [0.1, 0.15) is 11.3 Å². The van der Waals surface area contributed by atoms with Crippen molar-refractivity contribution in [2.45, 2.75) is 0 Å². The van der Waals surface area contributed by atoms with Gasteiger partial charge < -0.3 is 9.32 Å². The minimum atomic E-state index is 0.848. The number of fused-ring (bicyclic) bond motifs is 2. The lowest BCUT2D eigenvalue weighted by atomic mass is 9.95. The van der Waals surface area contributed by atoms with Gasteiger partial charge >= 0.3 is 0 Å². The summed E-state index contributed by atoms with van der Waals surface area (Å²) in [6.07, 6.45) is 0. The second-order valence-electron chi connectivity index (χ2n) is 12.5.